The molecule has 1 aliphatic carbocycles. The molecule has 3 aromatic rings. The van der Waals surface area contributed by atoms with Crippen LogP contribution >= 0.6 is 0 Å². The summed E-state index contributed by atoms with van der Waals surface area (Å²) >= 11 is 0. The number of nitrogens with zero attached hydrogens (tertiary/aromatic N) is 1. The molecule has 4 rings (SSSR count). The smallest absolute Gasteiger partial charge is 0.346 e. The van der Waals surface area contributed by atoms with Crippen LogP contribution in [0.2, 0.25) is 0 Å². The number of rotatable bonds is 7. The number of aromatic nitrogens is 1. The van der Waals surface area contributed by atoms with Gasteiger partial charge in [-0.1, -0.05) is 32.9 Å². The maximum absolute atomic E-state index is 13.6. The van der Waals surface area contributed by atoms with Gasteiger partial charge in [0.05, 0.1) is 10.8 Å². The Labute approximate surface area is 197 Å². The lowest BCUT2D eigenvalue weighted by Crippen LogP contribution is -2.30. The van der Waals surface area contributed by atoms with Crippen molar-refractivity contribution in [2.45, 2.75) is 58.0 Å². The number of sulfonamides is 1. The molecule has 0 bridgehead atoms. The lowest BCUT2D eigenvalue weighted by atomic mass is 9.87. The number of hydrogen-bond acceptors (Lipinski definition) is 2. The Balaban J connectivity index is 1.73. The lowest BCUT2D eigenvalue weighted by molar-refractivity contribution is -0.137. The Morgan fingerprint density at radius 1 is 1.06 bits per heavy atom. The minimum absolute atomic E-state index is 0.0737. The molecule has 9 heteroatoms. The van der Waals surface area contributed by atoms with Crippen molar-refractivity contribution in [2.75, 3.05) is 6.54 Å². The first kappa shape index (κ1) is 24.7. The molecule has 1 fully saturated rings. The molecule has 2 aromatic carbocycles. The zero-order chi connectivity index (χ0) is 24.9. The highest BCUT2D eigenvalue weighted by Crippen LogP contribution is 2.39. The number of halogens is 4. The van der Waals surface area contributed by atoms with Gasteiger partial charge in [-0.05, 0) is 65.6 Å². The first-order chi connectivity index (χ1) is 15.7. The van der Waals surface area contributed by atoms with Gasteiger partial charge < -0.3 is 4.57 Å². The van der Waals surface area contributed by atoms with Crippen LogP contribution in [0.4, 0.5) is 17.6 Å². The second-order valence-electron chi connectivity index (χ2n) is 10.1. The van der Waals surface area contributed by atoms with Gasteiger partial charge in [-0.15, -0.1) is 0 Å². The summed E-state index contributed by atoms with van der Waals surface area (Å²) in [6.45, 7) is 6.86. The maximum Gasteiger partial charge on any atom is 0.417 e. The van der Waals surface area contributed by atoms with Crippen molar-refractivity contribution < 1.29 is 26.0 Å². The highest BCUT2D eigenvalue weighted by atomic mass is 32.2. The van der Waals surface area contributed by atoms with E-state index in [2.05, 4.69) is 25.5 Å². The normalized spacial score (nSPS) is 15.3. The van der Waals surface area contributed by atoms with Crippen LogP contribution in [0.3, 0.4) is 0 Å². The van der Waals surface area contributed by atoms with Gasteiger partial charge >= 0.3 is 6.18 Å². The predicted molar refractivity (Wildman–Crippen MR) is 125 cm³/mol. The number of fused-ring (bicyclic) bond motifs is 1. The number of alkyl halides is 3. The monoisotopic (exact) mass is 496 g/mol. The van der Waals surface area contributed by atoms with Crippen LogP contribution in [0, 0.1) is 11.2 Å². The molecule has 0 saturated heterocycles. The summed E-state index contributed by atoms with van der Waals surface area (Å²) in [4.78, 5) is 0. The summed E-state index contributed by atoms with van der Waals surface area (Å²) in [7, 11) is -3.30. The molecule has 0 amide bonds. The van der Waals surface area contributed by atoms with Crippen molar-refractivity contribution >= 4 is 20.9 Å². The highest BCUT2D eigenvalue weighted by Gasteiger charge is 2.35. The third-order valence-corrected chi connectivity index (χ3v) is 7.86. The van der Waals surface area contributed by atoms with Crippen molar-refractivity contribution in [3.05, 3.63) is 59.5 Å². The van der Waals surface area contributed by atoms with E-state index in [1.807, 2.05) is 10.8 Å². The van der Waals surface area contributed by atoms with E-state index < -0.39 is 27.6 Å². The van der Waals surface area contributed by atoms with Crippen molar-refractivity contribution in [3.63, 3.8) is 0 Å². The topological polar surface area (TPSA) is 51.1 Å². The summed E-state index contributed by atoms with van der Waals surface area (Å²) in [5, 5.41) is 0.501. The molecule has 1 aliphatic rings. The fraction of sp³-hybridized carbons (Fsp3) is 0.440. The second kappa shape index (κ2) is 8.68. The fourth-order valence-electron chi connectivity index (χ4n) is 4.24. The maximum atomic E-state index is 13.6. The molecule has 0 aliphatic heterocycles. The van der Waals surface area contributed by atoms with E-state index in [4.69, 9.17) is 0 Å². The van der Waals surface area contributed by atoms with E-state index in [1.165, 1.54) is 0 Å². The van der Waals surface area contributed by atoms with Gasteiger partial charge in [0, 0.05) is 30.2 Å². The third-order valence-electron chi connectivity index (χ3n) is 5.90. The minimum atomic E-state index is -4.69. The molecule has 34 heavy (non-hydrogen) atoms. The molecule has 184 valence electrons. The summed E-state index contributed by atoms with van der Waals surface area (Å²) in [6, 6.07) is 7.76. The molecule has 4 nitrogen and oxygen atoms in total. The van der Waals surface area contributed by atoms with E-state index in [0.717, 1.165) is 28.6 Å². The molecular weight excluding hydrogens is 468 g/mol. The van der Waals surface area contributed by atoms with Crippen LogP contribution in [0.1, 0.15) is 44.7 Å². The van der Waals surface area contributed by atoms with Gasteiger partial charge in [0.15, 0.2) is 0 Å². The molecular formula is C25H28F4N2O2S. The molecule has 0 radical (unpaired) electrons. The summed E-state index contributed by atoms with van der Waals surface area (Å²) < 4.78 is 83.3. The molecule has 0 atom stereocenters. The number of nitrogens with one attached hydrogen (secondary N) is 1. The van der Waals surface area contributed by atoms with Crippen molar-refractivity contribution in [2.24, 2.45) is 5.41 Å². The molecule has 0 spiro atoms. The Bertz CT molecular complexity index is 1320. The van der Waals surface area contributed by atoms with Gasteiger partial charge in [0.25, 0.3) is 0 Å². The number of hydrogen-bond donors (Lipinski definition) is 1. The lowest BCUT2D eigenvalue weighted by Gasteiger charge is -2.17. The Hall–Kier alpha value is -2.39. The number of benzene rings is 2. The first-order valence-electron chi connectivity index (χ1n) is 11.2. The average Bonchev–Trinajstić information content (AvgIpc) is 3.52. The highest BCUT2D eigenvalue weighted by molar-refractivity contribution is 7.90. The standard InChI is InChI=1S/C25H28F4N2O2S/c1-24(2,3)14-17-15-31(11-10-30-34(32,33)19-6-7-19)23-9-4-16(12-21(17)23)20-8-5-18(26)13-22(20)25(27,28)29/h4-5,8-9,12-13,15,19,30H,6-7,10-11,14H2,1-3H3. The zero-order valence-corrected chi connectivity index (χ0v) is 20.2. The summed E-state index contributed by atoms with van der Waals surface area (Å²) in [6.07, 6.45) is -0.692. The largest absolute Gasteiger partial charge is 0.417 e. The van der Waals surface area contributed by atoms with Crippen molar-refractivity contribution in [1.82, 2.24) is 9.29 Å². The Kier molecular flexibility index (Phi) is 6.31. The van der Waals surface area contributed by atoms with Crippen LogP contribution in [-0.4, -0.2) is 24.8 Å². The van der Waals surface area contributed by atoms with Gasteiger partial charge in [-0.25, -0.2) is 17.5 Å². The SMILES string of the molecule is CC(C)(C)Cc1cn(CCNS(=O)(=O)C2CC2)c2ccc(-c3ccc(F)cc3C(F)(F)F)cc12. The first-order valence-corrected chi connectivity index (χ1v) is 12.8. The van der Waals surface area contributed by atoms with E-state index in [9.17, 15) is 26.0 Å². The Morgan fingerprint density at radius 2 is 1.76 bits per heavy atom. The van der Waals surface area contributed by atoms with Crippen LogP contribution in [0.5, 0.6) is 0 Å². The van der Waals surface area contributed by atoms with E-state index >= 15 is 0 Å². The average molecular weight is 497 g/mol. The third kappa shape index (κ3) is 5.46. The van der Waals surface area contributed by atoms with Gasteiger partial charge in [-0.2, -0.15) is 13.2 Å². The van der Waals surface area contributed by atoms with Crippen LogP contribution in [-0.2, 0) is 29.2 Å². The van der Waals surface area contributed by atoms with Crippen LogP contribution in [0.25, 0.3) is 22.0 Å². The molecule has 0 unspecified atom stereocenters. The fourth-order valence-corrected chi connectivity index (χ4v) is 5.61. The van der Waals surface area contributed by atoms with E-state index in [1.54, 1.807) is 18.2 Å². The van der Waals surface area contributed by atoms with Gasteiger partial charge in [0.2, 0.25) is 10.0 Å². The predicted octanol–water partition coefficient (Wildman–Crippen LogP) is 6.14. The minimum Gasteiger partial charge on any atom is -0.346 e. The zero-order valence-electron chi connectivity index (χ0n) is 19.3. The Morgan fingerprint density at radius 3 is 2.38 bits per heavy atom. The molecule has 1 saturated carbocycles. The van der Waals surface area contributed by atoms with Crippen LogP contribution in [0.15, 0.2) is 42.6 Å². The van der Waals surface area contributed by atoms with Crippen LogP contribution < -0.4 is 4.72 Å². The molecule has 1 heterocycles. The van der Waals surface area contributed by atoms with Gasteiger partial charge in [0.1, 0.15) is 5.82 Å². The second-order valence-corrected chi connectivity index (χ2v) is 12.2. The summed E-state index contributed by atoms with van der Waals surface area (Å²) in [5.74, 6) is -0.939. The van der Waals surface area contributed by atoms with Crippen molar-refractivity contribution in [3.8, 4) is 11.1 Å². The molecule has 1 aromatic heterocycles. The van der Waals surface area contributed by atoms with Crippen molar-refractivity contribution in [1.29, 1.82) is 0 Å². The summed E-state index contributed by atoms with van der Waals surface area (Å²) in [5.41, 5.74) is 0.951. The van der Waals surface area contributed by atoms with E-state index in [0.29, 0.717) is 37.4 Å². The quantitative estimate of drug-likeness (QED) is 0.400. The van der Waals surface area contributed by atoms with E-state index in [-0.39, 0.29) is 22.8 Å². The van der Waals surface area contributed by atoms with Gasteiger partial charge in [-0.3, -0.25) is 0 Å². The molecule has 1 N–H and O–H groups in total.